The summed E-state index contributed by atoms with van der Waals surface area (Å²) in [6, 6.07) is 0. The minimum absolute atomic E-state index is 0.0492. The van der Waals surface area contributed by atoms with Crippen LogP contribution in [0.3, 0.4) is 0 Å². The molecule has 0 spiro atoms. The first-order valence-electron chi connectivity index (χ1n) is 3.11. The first-order chi connectivity index (χ1) is 4.12. The van der Waals surface area contributed by atoms with Gasteiger partial charge in [0.1, 0.15) is 0 Å². The molecule has 0 aromatic carbocycles. The van der Waals surface area contributed by atoms with Crippen LogP contribution in [0.5, 0.6) is 0 Å². The van der Waals surface area contributed by atoms with Crippen molar-refractivity contribution in [2.45, 2.75) is 25.9 Å². The molecule has 0 unspecified atom stereocenters. The average molecular weight is 132 g/mol. The molecule has 0 aliphatic heterocycles. The highest BCUT2D eigenvalue weighted by Crippen LogP contribution is 2.10. The predicted octanol–water partition coefficient (Wildman–Crippen LogP) is 0.265. The van der Waals surface area contributed by atoms with E-state index in [-0.39, 0.29) is 5.60 Å². The Balaban J connectivity index is 3.33. The van der Waals surface area contributed by atoms with Crippen LogP contribution in [-0.2, 0) is 4.74 Å². The molecule has 0 rings (SSSR count). The Kier molecular flexibility index (Phi) is 3.77. The molecule has 0 saturated heterocycles. The second-order valence-electron chi connectivity index (χ2n) is 2.67. The van der Waals surface area contributed by atoms with Gasteiger partial charge in [-0.1, -0.05) is 0 Å². The summed E-state index contributed by atoms with van der Waals surface area (Å²) >= 11 is 0. The summed E-state index contributed by atoms with van der Waals surface area (Å²) in [7, 11) is 1.70. The normalized spacial score (nSPS) is 12.0. The van der Waals surface area contributed by atoms with Gasteiger partial charge in [0.15, 0.2) is 0 Å². The highest BCUT2D eigenvalue weighted by Gasteiger charge is 2.14. The quantitative estimate of drug-likeness (QED) is 0.426. The Morgan fingerprint density at radius 3 is 2.44 bits per heavy atom. The summed E-state index contributed by atoms with van der Waals surface area (Å²) < 4.78 is 5.14. The smallest absolute Gasteiger partial charge is 0.0635 e. The predicted molar refractivity (Wildman–Crippen MR) is 37.9 cm³/mol. The van der Waals surface area contributed by atoms with Gasteiger partial charge in [0.2, 0.25) is 0 Å². The van der Waals surface area contributed by atoms with E-state index in [0.29, 0.717) is 0 Å². The van der Waals surface area contributed by atoms with Crippen molar-refractivity contribution in [1.29, 1.82) is 0 Å². The SMILES string of the molecule is COC(C)(C)CCNN. The largest absolute Gasteiger partial charge is 0.379 e. The van der Waals surface area contributed by atoms with Crippen molar-refractivity contribution in [2.75, 3.05) is 13.7 Å². The van der Waals surface area contributed by atoms with Crippen molar-refractivity contribution in [1.82, 2.24) is 5.43 Å². The number of rotatable bonds is 4. The van der Waals surface area contributed by atoms with Crippen molar-refractivity contribution < 1.29 is 4.74 Å². The third kappa shape index (κ3) is 4.39. The maximum absolute atomic E-state index is 5.14. The number of methoxy groups -OCH3 is 1. The lowest BCUT2D eigenvalue weighted by Crippen LogP contribution is -2.31. The molecular weight excluding hydrogens is 116 g/mol. The highest BCUT2D eigenvalue weighted by atomic mass is 16.5. The standard InChI is InChI=1S/C6H16N2O/c1-6(2,9-3)4-5-8-7/h8H,4-5,7H2,1-3H3. The molecule has 3 N–H and O–H groups in total. The number of hydrogen-bond donors (Lipinski definition) is 2. The van der Waals surface area contributed by atoms with Gasteiger partial charge in [-0.3, -0.25) is 11.3 Å². The first-order valence-corrected chi connectivity index (χ1v) is 3.11. The summed E-state index contributed by atoms with van der Waals surface area (Å²) in [5, 5.41) is 0. The summed E-state index contributed by atoms with van der Waals surface area (Å²) in [5.41, 5.74) is 2.53. The zero-order valence-electron chi connectivity index (χ0n) is 6.40. The van der Waals surface area contributed by atoms with Gasteiger partial charge in [0.05, 0.1) is 5.60 Å². The van der Waals surface area contributed by atoms with Crippen LogP contribution in [0, 0.1) is 0 Å². The summed E-state index contributed by atoms with van der Waals surface area (Å²) in [5.74, 6) is 5.08. The van der Waals surface area contributed by atoms with Gasteiger partial charge < -0.3 is 4.74 Å². The molecule has 0 radical (unpaired) electrons. The Morgan fingerprint density at radius 2 is 2.11 bits per heavy atom. The Labute approximate surface area is 56.5 Å². The van der Waals surface area contributed by atoms with Crippen LogP contribution in [0.2, 0.25) is 0 Å². The molecule has 0 bridgehead atoms. The van der Waals surface area contributed by atoms with E-state index < -0.39 is 0 Å². The van der Waals surface area contributed by atoms with E-state index in [1.165, 1.54) is 0 Å². The number of hydrogen-bond acceptors (Lipinski definition) is 3. The zero-order valence-corrected chi connectivity index (χ0v) is 6.40. The van der Waals surface area contributed by atoms with Crippen molar-refractivity contribution in [3.05, 3.63) is 0 Å². The second kappa shape index (κ2) is 3.82. The third-order valence-corrected chi connectivity index (χ3v) is 1.42. The van der Waals surface area contributed by atoms with E-state index in [9.17, 15) is 0 Å². The van der Waals surface area contributed by atoms with Gasteiger partial charge in [-0.2, -0.15) is 0 Å². The van der Waals surface area contributed by atoms with Crippen molar-refractivity contribution >= 4 is 0 Å². The zero-order chi connectivity index (χ0) is 7.33. The Bertz CT molecular complexity index is 73.5. The Hall–Kier alpha value is -0.120. The van der Waals surface area contributed by atoms with E-state index in [1.54, 1.807) is 7.11 Å². The lowest BCUT2D eigenvalue weighted by atomic mass is 10.1. The van der Waals surface area contributed by atoms with Gasteiger partial charge >= 0.3 is 0 Å². The van der Waals surface area contributed by atoms with E-state index >= 15 is 0 Å². The number of hydrazine groups is 1. The average Bonchev–Trinajstić information content (AvgIpc) is 1.84. The van der Waals surface area contributed by atoms with Crippen LogP contribution < -0.4 is 11.3 Å². The van der Waals surface area contributed by atoms with E-state index in [4.69, 9.17) is 10.6 Å². The number of nitrogens with one attached hydrogen (secondary N) is 1. The van der Waals surface area contributed by atoms with Crippen LogP contribution in [-0.4, -0.2) is 19.3 Å². The van der Waals surface area contributed by atoms with Gasteiger partial charge in [-0.05, 0) is 20.3 Å². The Morgan fingerprint density at radius 1 is 1.56 bits per heavy atom. The van der Waals surface area contributed by atoms with Gasteiger partial charge in [-0.15, -0.1) is 0 Å². The molecular formula is C6H16N2O. The third-order valence-electron chi connectivity index (χ3n) is 1.42. The second-order valence-corrected chi connectivity index (χ2v) is 2.67. The summed E-state index contributed by atoms with van der Waals surface area (Å²) in [6.45, 7) is 4.86. The number of nitrogens with two attached hydrogens (primary N) is 1. The van der Waals surface area contributed by atoms with Crippen molar-refractivity contribution in [3.8, 4) is 0 Å². The van der Waals surface area contributed by atoms with Crippen LogP contribution in [0.4, 0.5) is 0 Å². The lowest BCUT2D eigenvalue weighted by Gasteiger charge is -2.21. The molecule has 3 nitrogen and oxygen atoms in total. The molecule has 0 aliphatic rings. The maximum Gasteiger partial charge on any atom is 0.0635 e. The molecule has 0 atom stereocenters. The monoisotopic (exact) mass is 132 g/mol. The van der Waals surface area contributed by atoms with Crippen molar-refractivity contribution in [2.24, 2.45) is 5.84 Å². The lowest BCUT2D eigenvalue weighted by molar-refractivity contribution is 0.0159. The topological polar surface area (TPSA) is 47.3 Å². The maximum atomic E-state index is 5.14. The van der Waals surface area contributed by atoms with E-state index in [1.807, 2.05) is 13.8 Å². The van der Waals surface area contributed by atoms with Crippen LogP contribution in [0.1, 0.15) is 20.3 Å². The molecule has 56 valence electrons. The highest BCUT2D eigenvalue weighted by molar-refractivity contribution is 4.67. The number of ether oxygens (including phenoxy) is 1. The summed E-state index contributed by atoms with van der Waals surface area (Å²) in [6.07, 6.45) is 0.931. The van der Waals surface area contributed by atoms with Gasteiger partial charge in [-0.25, -0.2) is 0 Å². The molecule has 9 heavy (non-hydrogen) atoms. The molecule has 0 aromatic heterocycles. The molecule has 0 fully saturated rings. The van der Waals surface area contributed by atoms with Crippen LogP contribution in [0.15, 0.2) is 0 Å². The minimum atomic E-state index is -0.0492. The van der Waals surface area contributed by atoms with E-state index in [0.717, 1.165) is 13.0 Å². The van der Waals surface area contributed by atoms with E-state index in [2.05, 4.69) is 5.43 Å². The van der Waals surface area contributed by atoms with Crippen molar-refractivity contribution in [3.63, 3.8) is 0 Å². The molecule has 0 aliphatic carbocycles. The molecule has 0 aromatic rings. The first kappa shape index (κ1) is 8.88. The van der Waals surface area contributed by atoms with Gasteiger partial charge in [0, 0.05) is 13.7 Å². The molecule has 0 heterocycles. The molecule has 3 heteroatoms. The minimum Gasteiger partial charge on any atom is -0.379 e. The fraction of sp³-hybridized carbons (Fsp3) is 1.00. The van der Waals surface area contributed by atoms with Gasteiger partial charge in [0.25, 0.3) is 0 Å². The van der Waals surface area contributed by atoms with Crippen LogP contribution in [0.25, 0.3) is 0 Å². The fourth-order valence-electron chi connectivity index (χ4n) is 0.475. The van der Waals surface area contributed by atoms with Crippen LogP contribution >= 0.6 is 0 Å². The molecule has 0 amide bonds. The fourth-order valence-corrected chi connectivity index (χ4v) is 0.475. The molecule has 0 saturated carbocycles. The summed E-state index contributed by atoms with van der Waals surface area (Å²) in [4.78, 5) is 0.